The summed E-state index contributed by atoms with van der Waals surface area (Å²) >= 11 is 0. The summed E-state index contributed by atoms with van der Waals surface area (Å²) in [7, 11) is 1.66. The molecule has 0 bridgehead atoms. The summed E-state index contributed by atoms with van der Waals surface area (Å²) in [6.45, 7) is 2.10. The van der Waals surface area contributed by atoms with Crippen LogP contribution in [0.5, 0.6) is 17.2 Å². The van der Waals surface area contributed by atoms with Crippen LogP contribution in [-0.2, 0) is 0 Å². The van der Waals surface area contributed by atoms with E-state index in [9.17, 15) is 4.79 Å². The van der Waals surface area contributed by atoms with Gasteiger partial charge in [0.1, 0.15) is 5.75 Å². The first-order chi connectivity index (χ1) is 14.7. The molecule has 1 atom stereocenters. The summed E-state index contributed by atoms with van der Waals surface area (Å²) < 4.78 is 16.9. The number of carbonyl (C=O) groups excluding carboxylic acids is 1. The second kappa shape index (κ2) is 7.90. The van der Waals surface area contributed by atoms with Crippen LogP contribution in [-0.4, -0.2) is 37.7 Å². The van der Waals surface area contributed by atoms with Gasteiger partial charge in [-0.15, -0.1) is 0 Å². The van der Waals surface area contributed by atoms with Crippen LogP contribution in [0.1, 0.15) is 41.2 Å². The molecule has 0 aromatic heterocycles. The predicted octanol–water partition coefficient (Wildman–Crippen LogP) is 4.99. The van der Waals surface area contributed by atoms with Crippen molar-refractivity contribution < 1.29 is 19.0 Å². The largest absolute Gasteiger partial charge is 0.497 e. The van der Waals surface area contributed by atoms with Gasteiger partial charge in [-0.25, -0.2) is 0 Å². The van der Waals surface area contributed by atoms with Gasteiger partial charge in [-0.2, -0.15) is 0 Å². The van der Waals surface area contributed by atoms with Gasteiger partial charge in [0.25, 0.3) is 5.91 Å². The Bertz CT molecular complexity index is 1090. The standard InChI is InChI=1S/C25H25NO4/c1-28-21-9-7-17-14-20(6-5-18(17)15-21)25(27)26-11-2-4-22(26)19-8-10-23-24(16-19)30-13-3-12-29-23/h5-10,14-16,22H,2-4,11-13H2,1H3/t22-/m1/s1. The van der Waals surface area contributed by atoms with Crippen molar-refractivity contribution in [3.8, 4) is 17.2 Å². The monoisotopic (exact) mass is 403 g/mol. The molecule has 1 saturated heterocycles. The quantitative estimate of drug-likeness (QED) is 0.618. The fourth-order valence-corrected chi connectivity index (χ4v) is 4.39. The highest BCUT2D eigenvalue weighted by atomic mass is 16.5. The van der Waals surface area contributed by atoms with Crippen LogP contribution in [0.2, 0.25) is 0 Å². The molecule has 0 radical (unpaired) electrons. The summed E-state index contributed by atoms with van der Waals surface area (Å²) in [4.78, 5) is 15.4. The van der Waals surface area contributed by atoms with E-state index in [1.54, 1.807) is 7.11 Å². The maximum atomic E-state index is 13.4. The number of ether oxygens (including phenoxy) is 3. The first-order valence-corrected chi connectivity index (χ1v) is 10.5. The summed E-state index contributed by atoms with van der Waals surface area (Å²) in [5, 5.41) is 2.10. The van der Waals surface area contributed by atoms with Crippen LogP contribution in [0.3, 0.4) is 0 Å². The minimum absolute atomic E-state index is 0.0567. The van der Waals surface area contributed by atoms with Gasteiger partial charge in [0.2, 0.25) is 0 Å². The van der Waals surface area contributed by atoms with Crippen LogP contribution in [0.15, 0.2) is 54.6 Å². The van der Waals surface area contributed by atoms with Crippen LogP contribution in [0.4, 0.5) is 0 Å². The van der Waals surface area contributed by atoms with E-state index >= 15 is 0 Å². The third-order valence-electron chi connectivity index (χ3n) is 5.96. The number of hydrogen-bond acceptors (Lipinski definition) is 4. The highest BCUT2D eigenvalue weighted by Gasteiger charge is 2.31. The highest BCUT2D eigenvalue weighted by Crippen LogP contribution is 2.38. The fourth-order valence-electron chi connectivity index (χ4n) is 4.39. The molecule has 0 spiro atoms. The van der Waals surface area contributed by atoms with E-state index in [2.05, 4.69) is 6.07 Å². The minimum atomic E-state index is 0.0567. The molecule has 2 heterocycles. The van der Waals surface area contributed by atoms with Gasteiger partial charge in [-0.3, -0.25) is 4.79 Å². The molecule has 1 fully saturated rings. The second-order valence-electron chi connectivity index (χ2n) is 7.84. The van der Waals surface area contributed by atoms with Crippen molar-refractivity contribution in [1.82, 2.24) is 4.90 Å². The highest BCUT2D eigenvalue weighted by molar-refractivity contribution is 5.99. The summed E-state index contributed by atoms with van der Waals surface area (Å²) in [6, 6.07) is 17.9. The second-order valence-corrected chi connectivity index (χ2v) is 7.84. The lowest BCUT2D eigenvalue weighted by Gasteiger charge is -2.26. The Morgan fingerprint density at radius 1 is 0.933 bits per heavy atom. The molecule has 5 rings (SSSR count). The molecule has 0 aliphatic carbocycles. The normalized spacial score (nSPS) is 18.3. The van der Waals surface area contributed by atoms with E-state index in [1.165, 1.54) is 0 Å². The van der Waals surface area contributed by atoms with Gasteiger partial charge in [0.15, 0.2) is 11.5 Å². The topological polar surface area (TPSA) is 48.0 Å². The zero-order chi connectivity index (χ0) is 20.5. The molecule has 2 aliphatic rings. The zero-order valence-corrected chi connectivity index (χ0v) is 17.1. The number of carbonyl (C=O) groups is 1. The third kappa shape index (κ3) is 3.45. The van der Waals surface area contributed by atoms with E-state index in [0.717, 1.165) is 59.4 Å². The molecule has 3 aromatic rings. The lowest BCUT2D eigenvalue weighted by Crippen LogP contribution is -2.30. The average Bonchev–Trinajstić information content (AvgIpc) is 3.16. The third-order valence-corrected chi connectivity index (χ3v) is 5.96. The lowest BCUT2D eigenvalue weighted by atomic mass is 10.0. The predicted molar refractivity (Wildman–Crippen MR) is 116 cm³/mol. The maximum absolute atomic E-state index is 13.4. The first-order valence-electron chi connectivity index (χ1n) is 10.5. The van der Waals surface area contributed by atoms with E-state index < -0.39 is 0 Å². The van der Waals surface area contributed by atoms with Gasteiger partial charge in [-0.1, -0.05) is 18.2 Å². The van der Waals surface area contributed by atoms with Gasteiger partial charge in [0, 0.05) is 18.5 Å². The lowest BCUT2D eigenvalue weighted by molar-refractivity contribution is 0.0735. The van der Waals surface area contributed by atoms with Crippen LogP contribution >= 0.6 is 0 Å². The molecule has 5 nitrogen and oxygen atoms in total. The number of rotatable bonds is 3. The smallest absolute Gasteiger partial charge is 0.254 e. The summed E-state index contributed by atoms with van der Waals surface area (Å²) in [6.07, 6.45) is 2.83. The van der Waals surface area contributed by atoms with Gasteiger partial charge in [0.05, 0.1) is 26.4 Å². The molecular weight excluding hydrogens is 378 g/mol. The molecule has 30 heavy (non-hydrogen) atoms. The number of fused-ring (bicyclic) bond motifs is 2. The van der Waals surface area contributed by atoms with Crippen molar-refractivity contribution in [3.63, 3.8) is 0 Å². The van der Waals surface area contributed by atoms with Crippen LogP contribution < -0.4 is 14.2 Å². The Kier molecular flexibility index (Phi) is 4.95. The van der Waals surface area contributed by atoms with Crippen LogP contribution in [0, 0.1) is 0 Å². The van der Waals surface area contributed by atoms with Crippen LogP contribution in [0.25, 0.3) is 10.8 Å². The molecular formula is C25H25NO4. The Balaban J connectivity index is 1.42. The van der Waals surface area contributed by atoms with E-state index in [4.69, 9.17) is 14.2 Å². The average molecular weight is 403 g/mol. The van der Waals surface area contributed by atoms with Gasteiger partial charge in [-0.05, 0) is 65.6 Å². The van der Waals surface area contributed by atoms with Gasteiger partial charge < -0.3 is 19.1 Å². The number of hydrogen-bond donors (Lipinski definition) is 0. The Hall–Kier alpha value is -3.21. The van der Waals surface area contributed by atoms with E-state index in [1.807, 2.05) is 53.4 Å². The molecule has 154 valence electrons. The number of benzene rings is 3. The van der Waals surface area contributed by atoms with E-state index in [-0.39, 0.29) is 11.9 Å². The summed E-state index contributed by atoms with van der Waals surface area (Å²) in [5.41, 5.74) is 1.82. The fraction of sp³-hybridized carbons (Fsp3) is 0.320. The molecule has 2 aliphatic heterocycles. The molecule has 0 N–H and O–H groups in total. The van der Waals surface area contributed by atoms with Crippen molar-refractivity contribution in [2.75, 3.05) is 26.9 Å². The van der Waals surface area contributed by atoms with Crippen molar-refractivity contribution >= 4 is 16.7 Å². The summed E-state index contributed by atoms with van der Waals surface area (Å²) in [5.74, 6) is 2.46. The van der Waals surface area contributed by atoms with Crippen molar-refractivity contribution in [2.24, 2.45) is 0 Å². The van der Waals surface area contributed by atoms with Crippen molar-refractivity contribution in [2.45, 2.75) is 25.3 Å². The minimum Gasteiger partial charge on any atom is -0.497 e. The maximum Gasteiger partial charge on any atom is 0.254 e. The Labute approximate surface area is 176 Å². The number of amides is 1. The molecule has 0 saturated carbocycles. The van der Waals surface area contributed by atoms with Crippen molar-refractivity contribution in [3.05, 3.63) is 65.7 Å². The van der Waals surface area contributed by atoms with Crippen molar-refractivity contribution in [1.29, 1.82) is 0 Å². The SMILES string of the molecule is COc1ccc2cc(C(=O)N3CCC[C@@H]3c3ccc4c(c3)OCCCO4)ccc2c1. The Morgan fingerprint density at radius 2 is 1.73 bits per heavy atom. The molecule has 0 unspecified atom stereocenters. The number of likely N-dealkylation sites (tertiary alicyclic amines) is 1. The zero-order valence-electron chi connectivity index (χ0n) is 17.1. The number of nitrogens with zero attached hydrogens (tertiary/aromatic N) is 1. The molecule has 5 heteroatoms. The van der Waals surface area contributed by atoms with E-state index in [0.29, 0.717) is 18.8 Å². The molecule has 3 aromatic carbocycles. The number of methoxy groups -OCH3 is 1. The first kappa shape index (κ1) is 18.8. The Morgan fingerprint density at radius 3 is 2.60 bits per heavy atom. The van der Waals surface area contributed by atoms with Gasteiger partial charge >= 0.3 is 0 Å². The molecule has 1 amide bonds.